The zero-order valence-electron chi connectivity index (χ0n) is 16.6. The summed E-state index contributed by atoms with van der Waals surface area (Å²) in [7, 11) is 2.05. The average molecular weight is 419 g/mol. The van der Waals surface area contributed by atoms with E-state index in [1.807, 2.05) is 60.0 Å². The third kappa shape index (κ3) is 5.12. The van der Waals surface area contributed by atoms with Crippen molar-refractivity contribution in [1.82, 2.24) is 10.1 Å². The molecule has 0 saturated carbocycles. The minimum Gasteiger partial charge on any atom is -0.370 e. The lowest BCUT2D eigenvalue weighted by Gasteiger charge is -2.19. The summed E-state index contributed by atoms with van der Waals surface area (Å²) in [4.78, 5) is 19.7. The first kappa shape index (κ1) is 19.8. The molecule has 4 aromatic rings. The maximum Gasteiger partial charge on any atom is 0.227 e. The second-order valence-corrected chi connectivity index (χ2v) is 7.87. The molecule has 30 heavy (non-hydrogen) atoms. The summed E-state index contributed by atoms with van der Waals surface area (Å²) in [6.45, 7) is 0.824. The van der Waals surface area contributed by atoms with E-state index in [0.29, 0.717) is 18.1 Å². The lowest BCUT2D eigenvalue weighted by molar-refractivity contribution is -0.116. The van der Waals surface area contributed by atoms with Crippen LogP contribution in [-0.2, 0) is 17.8 Å². The van der Waals surface area contributed by atoms with Crippen LogP contribution in [0.15, 0.2) is 76.6 Å². The van der Waals surface area contributed by atoms with E-state index in [1.165, 1.54) is 5.56 Å². The summed E-state index contributed by atoms with van der Waals surface area (Å²) >= 11 is 1.55. The number of carbonyl (C=O) groups is 1. The van der Waals surface area contributed by atoms with E-state index < -0.39 is 0 Å². The highest BCUT2D eigenvalue weighted by atomic mass is 32.1. The van der Waals surface area contributed by atoms with Crippen molar-refractivity contribution >= 4 is 28.6 Å². The highest BCUT2D eigenvalue weighted by Crippen LogP contribution is 2.22. The van der Waals surface area contributed by atoms with Crippen LogP contribution in [0.5, 0.6) is 0 Å². The second kappa shape index (κ2) is 9.37. The molecule has 1 amide bonds. The van der Waals surface area contributed by atoms with Gasteiger partial charge in [0.15, 0.2) is 0 Å². The maximum absolute atomic E-state index is 12.3. The van der Waals surface area contributed by atoms with Crippen LogP contribution in [0, 0.1) is 0 Å². The number of rotatable bonds is 8. The molecule has 1 N–H and O–H groups in total. The van der Waals surface area contributed by atoms with Crippen LogP contribution in [0.2, 0.25) is 0 Å². The maximum atomic E-state index is 12.3. The topological polar surface area (TPSA) is 71.3 Å². The van der Waals surface area contributed by atoms with Gasteiger partial charge in [-0.1, -0.05) is 41.6 Å². The summed E-state index contributed by atoms with van der Waals surface area (Å²) in [6, 6.07) is 22.0. The first-order valence-corrected chi connectivity index (χ1v) is 10.6. The number of aryl methyl sites for hydroxylation is 1. The Kier molecular flexibility index (Phi) is 6.20. The number of amides is 1. The van der Waals surface area contributed by atoms with Gasteiger partial charge in [-0.25, -0.2) is 0 Å². The number of hydrogen-bond donors (Lipinski definition) is 1. The molecule has 0 spiro atoms. The third-order valence-corrected chi connectivity index (χ3v) is 5.50. The summed E-state index contributed by atoms with van der Waals surface area (Å²) in [5.41, 5.74) is 3.10. The molecular weight excluding hydrogens is 396 g/mol. The Morgan fingerprint density at radius 2 is 1.87 bits per heavy atom. The van der Waals surface area contributed by atoms with E-state index in [-0.39, 0.29) is 12.3 Å². The van der Waals surface area contributed by atoms with Crippen molar-refractivity contribution in [2.75, 3.05) is 17.3 Å². The molecule has 2 heterocycles. The molecule has 0 unspecified atom stereocenters. The normalized spacial score (nSPS) is 10.7. The van der Waals surface area contributed by atoms with E-state index in [2.05, 4.69) is 39.5 Å². The highest BCUT2D eigenvalue weighted by molar-refractivity contribution is 7.13. The lowest BCUT2D eigenvalue weighted by atomic mass is 10.2. The quantitative estimate of drug-likeness (QED) is 0.436. The number of nitrogens with zero attached hydrogens (tertiary/aromatic N) is 3. The van der Waals surface area contributed by atoms with Gasteiger partial charge >= 0.3 is 0 Å². The van der Waals surface area contributed by atoms with E-state index in [9.17, 15) is 4.79 Å². The molecule has 0 fully saturated rings. The molecule has 0 aliphatic rings. The number of anilines is 2. The Morgan fingerprint density at radius 3 is 2.60 bits per heavy atom. The molecule has 0 saturated heterocycles. The highest BCUT2D eigenvalue weighted by Gasteiger charge is 2.11. The van der Waals surface area contributed by atoms with Crippen molar-refractivity contribution in [3.8, 4) is 10.7 Å². The van der Waals surface area contributed by atoms with E-state index in [1.54, 1.807) is 11.3 Å². The van der Waals surface area contributed by atoms with Gasteiger partial charge in [0.1, 0.15) is 0 Å². The van der Waals surface area contributed by atoms with Crippen LogP contribution in [0.4, 0.5) is 11.4 Å². The minimum absolute atomic E-state index is 0.0868. The van der Waals surface area contributed by atoms with Crippen molar-refractivity contribution in [2.24, 2.45) is 0 Å². The third-order valence-electron chi connectivity index (χ3n) is 4.63. The van der Waals surface area contributed by atoms with Gasteiger partial charge in [0, 0.05) is 37.8 Å². The lowest BCUT2D eigenvalue weighted by Crippen LogP contribution is -2.16. The van der Waals surface area contributed by atoms with E-state index in [4.69, 9.17) is 4.52 Å². The van der Waals surface area contributed by atoms with Crippen LogP contribution in [0.1, 0.15) is 17.9 Å². The van der Waals surface area contributed by atoms with Gasteiger partial charge < -0.3 is 14.7 Å². The zero-order valence-corrected chi connectivity index (χ0v) is 17.4. The van der Waals surface area contributed by atoms with Crippen molar-refractivity contribution < 1.29 is 9.32 Å². The monoisotopic (exact) mass is 418 g/mol. The molecule has 0 radical (unpaired) electrons. The Labute approximate surface area is 179 Å². The molecule has 2 aromatic heterocycles. The summed E-state index contributed by atoms with van der Waals surface area (Å²) in [6.07, 6.45) is 0.684. The number of carbonyl (C=O) groups excluding carboxylic acids is 1. The molecule has 0 aliphatic carbocycles. The molecule has 6 nitrogen and oxygen atoms in total. The molecular formula is C23H22N4O2S. The fourth-order valence-corrected chi connectivity index (χ4v) is 3.70. The molecule has 0 aliphatic heterocycles. The SMILES string of the molecule is CN(Cc1ccccc1)c1ccc(NC(=O)CCc2nc(-c3cccs3)no2)cc1. The van der Waals surface area contributed by atoms with Gasteiger partial charge in [0.2, 0.25) is 17.6 Å². The van der Waals surface area contributed by atoms with Crippen LogP contribution in [0.3, 0.4) is 0 Å². The molecule has 0 bridgehead atoms. The molecule has 7 heteroatoms. The number of aromatic nitrogens is 2. The molecule has 2 aromatic carbocycles. The molecule has 4 rings (SSSR count). The smallest absolute Gasteiger partial charge is 0.227 e. The minimum atomic E-state index is -0.0868. The first-order chi connectivity index (χ1) is 14.7. The standard InChI is InChI=1S/C23H22N4O2S/c1-27(16-17-6-3-2-4-7-17)19-11-9-18(10-12-19)24-21(28)13-14-22-25-23(26-29-22)20-8-5-15-30-20/h2-12,15H,13-14,16H2,1H3,(H,24,28). The summed E-state index contributed by atoms with van der Waals surface area (Å²) < 4.78 is 5.24. The van der Waals surface area contributed by atoms with Crippen molar-refractivity contribution in [2.45, 2.75) is 19.4 Å². The van der Waals surface area contributed by atoms with Gasteiger partial charge in [-0.05, 0) is 41.3 Å². The average Bonchev–Trinajstić information content (AvgIpc) is 3.45. The van der Waals surface area contributed by atoms with Gasteiger partial charge in [0.05, 0.1) is 4.88 Å². The van der Waals surface area contributed by atoms with Gasteiger partial charge in [-0.15, -0.1) is 11.3 Å². The van der Waals surface area contributed by atoms with Gasteiger partial charge in [-0.2, -0.15) is 4.98 Å². The molecule has 0 atom stereocenters. The van der Waals surface area contributed by atoms with E-state index >= 15 is 0 Å². The van der Waals surface area contributed by atoms with Crippen LogP contribution < -0.4 is 10.2 Å². The van der Waals surface area contributed by atoms with Crippen LogP contribution in [-0.4, -0.2) is 23.1 Å². The fourth-order valence-electron chi connectivity index (χ4n) is 3.05. The van der Waals surface area contributed by atoms with E-state index in [0.717, 1.165) is 22.8 Å². The van der Waals surface area contributed by atoms with Crippen molar-refractivity contribution in [3.05, 3.63) is 83.6 Å². The Balaban J connectivity index is 1.27. The van der Waals surface area contributed by atoms with Crippen molar-refractivity contribution in [3.63, 3.8) is 0 Å². The largest absolute Gasteiger partial charge is 0.370 e. The second-order valence-electron chi connectivity index (χ2n) is 6.93. The zero-order chi connectivity index (χ0) is 20.8. The Morgan fingerprint density at radius 1 is 1.07 bits per heavy atom. The predicted molar refractivity (Wildman–Crippen MR) is 120 cm³/mol. The Bertz CT molecular complexity index is 1080. The van der Waals surface area contributed by atoms with Gasteiger partial charge in [0.25, 0.3) is 0 Å². The first-order valence-electron chi connectivity index (χ1n) is 9.69. The number of hydrogen-bond acceptors (Lipinski definition) is 6. The Hall–Kier alpha value is -3.45. The number of thiophene rings is 1. The van der Waals surface area contributed by atoms with Crippen LogP contribution >= 0.6 is 11.3 Å². The summed E-state index contributed by atoms with van der Waals surface area (Å²) in [5.74, 6) is 0.943. The predicted octanol–water partition coefficient (Wildman–Crippen LogP) is 5.01. The van der Waals surface area contributed by atoms with Gasteiger partial charge in [-0.3, -0.25) is 4.79 Å². The van der Waals surface area contributed by atoms with Crippen molar-refractivity contribution in [1.29, 1.82) is 0 Å². The number of benzene rings is 2. The molecule has 152 valence electrons. The fraction of sp³-hybridized carbons (Fsp3) is 0.174. The van der Waals surface area contributed by atoms with Crippen LogP contribution in [0.25, 0.3) is 10.7 Å². The number of nitrogens with one attached hydrogen (secondary N) is 1. The summed E-state index contributed by atoms with van der Waals surface area (Å²) in [5, 5.41) is 8.84.